The van der Waals surface area contributed by atoms with Gasteiger partial charge in [-0.3, -0.25) is 4.79 Å². The van der Waals surface area contributed by atoms with E-state index in [0.717, 1.165) is 11.3 Å². The molecule has 1 aromatic carbocycles. The molecule has 0 unspecified atom stereocenters. The highest BCUT2D eigenvalue weighted by Crippen LogP contribution is 2.19. The highest BCUT2D eigenvalue weighted by molar-refractivity contribution is 5.93. The third kappa shape index (κ3) is 4.22. The van der Waals surface area contributed by atoms with Crippen LogP contribution in [0.1, 0.15) is 35.7 Å². The fourth-order valence-corrected chi connectivity index (χ4v) is 2.48. The molecule has 6 heteroatoms. The number of aryl methyl sites for hydroxylation is 1. The first kappa shape index (κ1) is 17.7. The molecule has 0 aliphatic heterocycles. The molecule has 0 radical (unpaired) electrons. The number of amides is 1. The molecular formula is C18H24N4O2. The SMILES string of the molecule is CCN(CC)C(=O)c1cc(NCc2ccccc2OC)nc(C)n1. The number of nitrogens with one attached hydrogen (secondary N) is 1. The summed E-state index contributed by atoms with van der Waals surface area (Å²) in [5, 5.41) is 3.24. The topological polar surface area (TPSA) is 67.4 Å². The van der Waals surface area contributed by atoms with Crippen LogP contribution in [0.5, 0.6) is 5.75 Å². The van der Waals surface area contributed by atoms with Crippen molar-refractivity contribution in [1.82, 2.24) is 14.9 Å². The van der Waals surface area contributed by atoms with Crippen LogP contribution in [0.15, 0.2) is 30.3 Å². The van der Waals surface area contributed by atoms with Crippen molar-refractivity contribution in [3.8, 4) is 5.75 Å². The van der Waals surface area contributed by atoms with Gasteiger partial charge in [0, 0.05) is 31.3 Å². The van der Waals surface area contributed by atoms with Crippen LogP contribution in [0.3, 0.4) is 0 Å². The van der Waals surface area contributed by atoms with E-state index in [0.29, 0.717) is 37.0 Å². The summed E-state index contributed by atoms with van der Waals surface area (Å²) in [6, 6.07) is 9.49. The summed E-state index contributed by atoms with van der Waals surface area (Å²) in [4.78, 5) is 22.9. The predicted octanol–water partition coefficient (Wildman–Crippen LogP) is 2.89. The molecule has 24 heavy (non-hydrogen) atoms. The Morgan fingerprint density at radius 2 is 1.92 bits per heavy atom. The fourth-order valence-electron chi connectivity index (χ4n) is 2.48. The zero-order chi connectivity index (χ0) is 17.5. The Kier molecular flexibility index (Phi) is 6.12. The maximum Gasteiger partial charge on any atom is 0.272 e. The second-order valence-corrected chi connectivity index (χ2v) is 5.33. The number of hydrogen-bond donors (Lipinski definition) is 1. The van der Waals surface area contributed by atoms with Crippen LogP contribution in [0.25, 0.3) is 0 Å². The summed E-state index contributed by atoms with van der Waals surface area (Å²) in [6.45, 7) is 7.56. The summed E-state index contributed by atoms with van der Waals surface area (Å²) in [5.41, 5.74) is 1.43. The third-order valence-corrected chi connectivity index (χ3v) is 3.76. The van der Waals surface area contributed by atoms with Gasteiger partial charge >= 0.3 is 0 Å². The first-order valence-electron chi connectivity index (χ1n) is 8.09. The van der Waals surface area contributed by atoms with Crippen molar-refractivity contribution in [2.75, 3.05) is 25.5 Å². The lowest BCUT2D eigenvalue weighted by Crippen LogP contribution is -2.31. The van der Waals surface area contributed by atoms with Crippen molar-refractivity contribution >= 4 is 11.7 Å². The van der Waals surface area contributed by atoms with E-state index in [1.807, 2.05) is 38.1 Å². The quantitative estimate of drug-likeness (QED) is 0.846. The molecule has 0 atom stereocenters. The fraction of sp³-hybridized carbons (Fsp3) is 0.389. The van der Waals surface area contributed by atoms with E-state index < -0.39 is 0 Å². The maximum absolute atomic E-state index is 12.5. The van der Waals surface area contributed by atoms with Crippen molar-refractivity contribution in [1.29, 1.82) is 0 Å². The van der Waals surface area contributed by atoms with Crippen molar-refractivity contribution in [2.24, 2.45) is 0 Å². The number of aromatic nitrogens is 2. The van der Waals surface area contributed by atoms with Crippen molar-refractivity contribution in [3.63, 3.8) is 0 Å². The van der Waals surface area contributed by atoms with E-state index in [4.69, 9.17) is 4.74 Å². The second kappa shape index (κ2) is 8.29. The Balaban J connectivity index is 2.18. The van der Waals surface area contributed by atoms with Gasteiger partial charge < -0.3 is 15.0 Å². The second-order valence-electron chi connectivity index (χ2n) is 5.33. The van der Waals surface area contributed by atoms with Gasteiger partial charge in [-0.1, -0.05) is 18.2 Å². The molecular weight excluding hydrogens is 304 g/mol. The van der Waals surface area contributed by atoms with Crippen molar-refractivity contribution in [2.45, 2.75) is 27.3 Å². The Bertz CT molecular complexity index is 699. The summed E-state index contributed by atoms with van der Waals surface area (Å²) < 4.78 is 5.35. The largest absolute Gasteiger partial charge is 0.496 e. The van der Waals surface area contributed by atoms with Crippen LogP contribution < -0.4 is 10.1 Å². The molecule has 6 nitrogen and oxygen atoms in total. The zero-order valence-electron chi connectivity index (χ0n) is 14.7. The first-order chi connectivity index (χ1) is 11.6. The van der Waals surface area contributed by atoms with Crippen LogP contribution in [0.2, 0.25) is 0 Å². The molecule has 0 fully saturated rings. The number of carbonyl (C=O) groups excluding carboxylic acids is 1. The number of rotatable bonds is 7. The van der Waals surface area contributed by atoms with Gasteiger partial charge in [0.1, 0.15) is 23.1 Å². The molecule has 1 amide bonds. The number of methoxy groups -OCH3 is 1. The molecule has 0 aliphatic rings. The molecule has 2 aromatic rings. The number of anilines is 1. The Hall–Kier alpha value is -2.63. The van der Waals surface area contributed by atoms with Gasteiger partial charge in [-0.15, -0.1) is 0 Å². The third-order valence-electron chi connectivity index (χ3n) is 3.76. The molecule has 0 spiro atoms. The van der Waals surface area contributed by atoms with E-state index in [1.165, 1.54) is 0 Å². The lowest BCUT2D eigenvalue weighted by Gasteiger charge is -2.18. The number of benzene rings is 1. The Morgan fingerprint density at radius 1 is 1.21 bits per heavy atom. The van der Waals surface area contributed by atoms with E-state index in [1.54, 1.807) is 25.0 Å². The van der Waals surface area contributed by atoms with E-state index in [-0.39, 0.29) is 5.91 Å². The van der Waals surface area contributed by atoms with Crippen LogP contribution in [-0.2, 0) is 6.54 Å². The van der Waals surface area contributed by atoms with Crippen molar-refractivity contribution < 1.29 is 9.53 Å². The van der Waals surface area contributed by atoms with Gasteiger partial charge in [0.2, 0.25) is 0 Å². The maximum atomic E-state index is 12.5. The minimum Gasteiger partial charge on any atom is -0.496 e. The standard InChI is InChI=1S/C18H24N4O2/c1-5-22(6-2)18(23)15-11-17(21-13(3)20-15)19-12-14-9-7-8-10-16(14)24-4/h7-11H,5-6,12H2,1-4H3,(H,19,20,21). The van der Waals surface area contributed by atoms with Gasteiger partial charge in [-0.25, -0.2) is 9.97 Å². The molecule has 0 saturated carbocycles. The summed E-state index contributed by atoms with van der Waals surface area (Å²) >= 11 is 0. The van der Waals surface area contributed by atoms with Crippen LogP contribution in [0.4, 0.5) is 5.82 Å². The van der Waals surface area contributed by atoms with Gasteiger partial charge in [-0.05, 0) is 26.8 Å². The normalized spacial score (nSPS) is 10.3. The highest BCUT2D eigenvalue weighted by Gasteiger charge is 2.16. The number of hydrogen-bond acceptors (Lipinski definition) is 5. The van der Waals surface area contributed by atoms with Gasteiger partial charge in [0.25, 0.3) is 5.91 Å². The summed E-state index contributed by atoms with van der Waals surface area (Å²) in [5.74, 6) is 1.93. The average Bonchev–Trinajstić information content (AvgIpc) is 2.60. The Morgan fingerprint density at radius 3 is 2.58 bits per heavy atom. The predicted molar refractivity (Wildman–Crippen MR) is 94.3 cm³/mol. The molecule has 0 bridgehead atoms. The monoisotopic (exact) mass is 328 g/mol. The van der Waals surface area contributed by atoms with E-state index in [9.17, 15) is 4.79 Å². The molecule has 1 aromatic heterocycles. The number of ether oxygens (including phenoxy) is 1. The molecule has 1 heterocycles. The Labute approximate surface area is 142 Å². The highest BCUT2D eigenvalue weighted by atomic mass is 16.5. The zero-order valence-corrected chi connectivity index (χ0v) is 14.7. The lowest BCUT2D eigenvalue weighted by molar-refractivity contribution is 0.0766. The number of nitrogens with zero attached hydrogens (tertiary/aromatic N) is 3. The number of carbonyl (C=O) groups is 1. The van der Waals surface area contributed by atoms with E-state index in [2.05, 4.69) is 15.3 Å². The smallest absolute Gasteiger partial charge is 0.272 e. The lowest BCUT2D eigenvalue weighted by atomic mass is 10.2. The average molecular weight is 328 g/mol. The van der Waals surface area contributed by atoms with Crippen LogP contribution in [-0.4, -0.2) is 41.0 Å². The molecule has 1 N–H and O–H groups in total. The minimum atomic E-state index is -0.0779. The van der Waals surface area contributed by atoms with Crippen molar-refractivity contribution in [3.05, 3.63) is 47.4 Å². The van der Waals surface area contributed by atoms with Gasteiger partial charge in [-0.2, -0.15) is 0 Å². The van der Waals surface area contributed by atoms with Crippen LogP contribution >= 0.6 is 0 Å². The van der Waals surface area contributed by atoms with Crippen LogP contribution in [0, 0.1) is 6.92 Å². The number of para-hydroxylation sites is 1. The molecule has 128 valence electrons. The molecule has 0 aliphatic carbocycles. The van der Waals surface area contributed by atoms with E-state index >= 15 is 0 Å². The summed E-state index contributed by atoms with van der Waals surface area (Å²) in [6.07, 6.45) is 0. The molecule has 0 saturated heterocycles. The van der Waals surface area contributed by atoms with Gasteiger partial charge in [0.05, 0.1) is 7.11 Å². The van der Waals surface area contributed by atoms with Gasteiger partial charge in [0.15, 0.2) is 0 Å². The minimum absolute atomic E-state index is 0.0779. The first-order valence-corrected chi connectivity index (χ1v) is 8.09. The molecule has 2 rings (SSSR count). The summed E-state index contributed by atoms with van der Waals surface area (Å²) in [7, 11) is 1.65.